The normalized spacial score (nSPS) is 31.2. The van der Waals surface area contributed by atoms with Crippen LogP contribution in [0.2, 0.25) is 0 Å². The van der Waals surface area contributed by atoms with E-state index < -0.39 is 0 Å². The summed E-state index contributed by atoms with van der Waals surface area (Å²) in [5.41, 5.74) is 0. The second kappa shape index (κ2) is 7.28. The van der Waals surface area contributed by atoms with Gasteiger partial charge in [0.05, 0.1) is 0 Å². The summed E-state index contributed by atoms with van der Waals surface area (Å²) in [5.74, 6) is 1.33. The van der Waals surface area contributed by atoms with Gasteiger partial charge in [-0.3, -0.25) is 9.59 Å². The number of amides is 2. The van der Waals surface area contributed by atoms with E-state index in [9.17, 15) is 9.59 Å². The highest BCUT2D eigenvalue weighted by Gasteiger charge is 2.35. The first-order chi connectivity index (χ1) is 10.0. The highest BCUT2D eigenvalue weighted by atomic mass is 16.2. The van der Waals surface area contributed by atoms with Crippen LogP contribution in [0.25, 0.3) is 0 Å². The van der Waals surface area contributed by atoms with Crippen LogP contribution < -0.4 is 5.32 Å². The second-order valence-corrected chi connectivity index (χ2v) is 7.13. The first-order valence-electron chi connectivity index (χ1n) is 8.61. The van der Waals surface area contributed by atoms with Crippen molar-refractivity contribution in [1.82, 2.24) is 10.2 Å². The number of rotatable bonds is 4. The lowest BCUT2D eigenvalue weighted by Crippen LogP contribution is -2.50. The van der Waals surface area contributed by atoms with Crippen LogP contribution in [0.3, 0.4) is 0 Å². The third-order valence-electron chi connectivity index (χ3n) is 4.98. The fraction of sp³-hybridized carbons (Fsp3) is 0.882. The molecule has 1 N–H and O–H groups in total. The van der Waals surface area contributed by atoms with E-state index in [1.165, 1.54) is 19.3 Å². The Kier molecular flexibility index (Phi) is 5.65. The van der Waals surface area contributed by atoms with Gasteiger partial charge in [0, 0.05) is 19.0 Å². The van der Waals surface area contributed by atoms with E-state index in [-0.39, 0.29) is 17.9 Å². The van der Waals surface area contributed by atoms with Gasteiger partial charge in [-0.15, -0.1) is 0 Å². The van der Waals surface area contributed by atoms with E-state index in [0.29, 0.717) is 24.9 Å². The van der Waals surface area contributed by atoms with Crippen molar-refractivity contribution in [2.45, 2.75) is 77.8 Å². The quantitative estimate of drug-likeness (QED) is 0.866. The minimum Gasteiger partial charge on any atom is -0.344 e. The lowest BCUT2D eigenvalue weighted by molar-refractivity contribution is -0.136. The summed E-state index contributed by atoms with van der Waals surface area (Å²) >= 11 is 0. The van der Waals surface area contributed by atoms with E-state index in [1.807, 2.05) is 4.90 Å². The predicted octanol–water partition coefficient (Wildman–Crippen LogP) is 2.72. The van der Waals surface area contributed by atoms with Gasteiger partial charge in [-0.1, -0.05) is 40.0 Å². The summed E-state index contributed by atoms with van der Waals surface area (Å²) in [6, 6.07) is 0.0283. The maximum absolute atomic E-state index is 12.8. The van der Waals surface area contributed by atoms with Gasteiger partial charge < -0.3 is 10.2 Å². The molecule has 2 fully saturated rings. The minimum atomic E-state index is -0.318. The molecular weight excluding hydrogens is 264 g/mol. The smallest absolute Gasteiger partial charge is 0.245 e. The largest absolute Gasteiger partial charge is 0.344 e. The zero-order valence-electron chi connectivity index (χ0n) is 13.7. The maximum atomic E-state index is 12.8. The molecule has 2 aliphatic rings. The molecule has 3 unspecified atom stereocenters. The highest BCUT2D eigenvalue weighted by Crippen LogP contribution is 2.31. The van der Waals surface area contributed by atoms with Crippen molar-refractivity contribution in [3.05, 3.63) is 0 Å². The Morgan fingerprint density at radius 2 is 2.05 bits per heavy atom. The van der Waals surface area contributed by atoms with Crippen LogP contribution in [0, 0.1) is 11.8 Å². The fourth-order valence-corrected chi connectivity index (χ4v) is 3.77. The van der Waals surface area contributed by atoms with Gasteiger partial charge in [0.1, 0.15) is 6.04 Å². The zero-order valence-corrected chi connectivity index (χ0v) is 13.7. The fourth-order valence-electron chi connectivity index (χ4n) is 3.77. The average Bonchev–Trinajstić information content (AvgIpc) is 2.58. The van der Waals surface area contributed by atoms with E-state index in [1.54, 1.807) is 0 Å². The molecule has 0 spiro atoms. The van der Waals surface area contributed by atoms with Gasteiger partial charge in [-0.25, -0.2) is 0 Å². The number of hydrogen-bond donors (Lipinski definition) is 1. The molecule has 3 atom stereocenters. The molecule has 0 aromatic heterocycles. The van der Waals surface area contributed by atoms with Crippen LogP contribution in [0.4, 0.5) is 0 Å². The molecule has 1 aliphatic carbocycles. The molecule has 0 aromatic rings. The molecular formula is C17H30N2O2. The van der Waals surface area contributed by atoms with Gasteiger partial charge in [0.15, 0.2) is 0 Å². The Bertz CT molecular complexity index is 381. The number of nitrogens with zero attached hydrogens (tertiary/aromatic N) is 1. The first-order valence-corrected chi connectivity index (χ1v) is 8.61. The molecule has 21 heavy (non-hydrogen) atoms. The molecule has 0 radical (unpaired) electrons. The van der Waals surface area contributed by atoms with Gasteiger partial charge in [-0.2, -0.15) is 0 Å². The number of nitrogens with one attached hydrogen (secondary N) is 1. The molecule has 4 nitrogen and oxygen atoms in total. The molecule has 2 rings (SSSR count). The molecule has 1 heterocycles. The zero-order chi connectivity index (χ0) is 15.4. The molecule has 2 amide bonds. The lowest BCUT2D eigenvalue weighted by Gasteiger charge is -2.38. The molecule has 1 aliphatic heterocycles. The van der Waals surface area contributed by atoms with Crippen molar-refractivity contribution in [1.29, 1.82) is 0 Å². The summed E-state index contributed by atoms with van der Waals surface area (Å²) in [6.45, 7) is 7.04. The standard InChI is InChI=1S/C17H30N2O2/c1-4-13-6-5-7-14(11-13)19-9-8-16(20)18-15(17(19)21)10-12(2)3/h12-15H,4-11H2,1-3H3,(H,18,20). The van der Waals surface area contributed by atoms with Crippen molar-refractivity contribution in [3.63, 3.8) is 0 Å². The van der Waals surface area contributed by atoms with Crippen LogP contribution >= 0.6 is 0 Å². The van der Waals surface area contributed by atoms with Crippen molar-refractivity contribution in [2.75, 3.05) is 6.54 Å². The predicted molar refractivity (Wildman–Crippen MR) is 83.8 cm³/mol. The second-order valence-electron chi connectivity index (χ2n) is 7.13. The van der Waals surface area contributed by atoms with E-state index in [0.717, 1.165) is 25.2 Å². The topological polar surface area (TPSA) is 49.4 Å². The lowest BCUT2D eigenvalue weighted by atomic mass is 9.83. The third-order valence-corrected chi connectivity index (χ3v) is 4.98. The Labute approximate surface area is 128 Å². The van der Waals surface area contributed by atoms with Gasteiger partial charge >= 0.3 is 0 Å². The number of carbonyl (C=O) groups is 2. The third kappa shape index (κ3) is 4.21. The summed E-state index contributed by atoms with van der Waals surface area (Å²) in [7, 11) is 0. The first kappa shape index (κ1) is 16.3. The molecule has 1 saturated carbocycles. The van der Waals surface area contributed by atoms with Gasteiger partial charge in [-0.05, 0) is 31.1 Å². The van der Waals surface area contributed by atoms with E-state index in [4.69, 9.17) is 0 Å². The van der Waals surface area contributed by atoms with Crippen molar-refractivity contribution in [2.24, 2.45) is 11.8 Å². The van der Waals surface area contributed by atoms with Crippen LogP contribution in [-0.2, 0) is 9.59 Å². The summed E-state index contributed by atoms with van der Waals surface area (Å²) in [4.78, 5) is 26.7. The monoisotopic (exact) mass is 294 g/mol. The number of hydrogen-bond acceptors (Lipinski definition) is 2. The molecule has 1 saturated heterocycles. The Balaban J connectivity index is 2.09. The average molecular weight is 294 g/mol. The van der Waals surface area contributed by atoms with Crippen LogP contribution in [0.1, 0.15) is 65.7 Å². The van der Waals surface area contributed by atoms with Gasteiger partial charge in [0.25, 0.3) is 0 Å². The van der Waals surface area contributed by atoms with Crippen LogP contribution in [0.5, 0.6) is 0 Å². The molecule has 120 valence electrons. The summed E-state index contributed by atoms with van der Waals surface area (Å²) < 4.78 is 0. The van der Waals surface area contributed by atoms with Gasteiger partial charge in [0.2, 0.25) is 11.8 Å². The summed E-state index contributed by atoms with van der Waals surface area (Å²) in [5, 5.41) is 2.92. The molecule has 0 bridgehead atoms. The minimum absolute atomic E-state index is 0.0272. The summed E-state index contributed by atoms with van der Waals surface area (Å²) in [6.07, 6.45) is 7.12. The van der Waals surface area contributed by atoms with E-state index >= 15 is 0 Å². The van der Waals surface area contributed by atoms with Crippen molar-refractivity contribution < 1.29 is 9.59 Å². The SMILES string of the molecule is CCC1CCCC(N2CCC(=O)NC(CC(C)C)C2=O)C1. The Morgan fingerprint density at radius 1 is 1.29 bits per heavy atom. The highest BCUT2D eigenvalue weighted by molar-refractivity contribution is 5.90. The van der Waals surface area contributed by atoms with Crippen molar-refractivity contribution in [3.8, 4) is 0 Å². The molecule has 4 heteroatoms. The Morgan fingerprint density at radius 3 is 2.71 bits per heavy atom. The van der Waals surface area contributed by atoms with Crippen LogP contribution in [-0.4, -0.2) is 35.3 Å². The maximum Gasteiger partial charge on any atom is 0.245 e. The van der Waals surface area contributed by atoms with Crippen LogP contribution in [0.15, 0.2) is 0 Å². The molecule has 0 aromatic carbocycles. The number of carbonyl (C=O) groups excluding carboxylic acids is 2. The Hall–Kier alpha value is -1.06. The van der Waals surface area contributed by atoms with E-state index in [2.05, 4.69) is 26.1 Å². The van der Waals surface area contributed by atoms with Crippen molar-refractivity contribution >= 4 is 11.8 Å².